The van der Waals surface area contributed by atoms with Gasteiger partial charge in [-0.25, -0.2) is 14.6 Å². The van der Waals surface area contributed by atoms with Gasteiger partial charge in [0.2, 0.25) is 0 Å². The zero-order chi connectivity index (χ0) is 28.9. The van der Waals surface area contributed by atoms with Gasteiger partial charge in [0.25, 0.3) is 0 Å². The molecule has 0 spiro atoms. The number of aliphatic hydroxyl groups is 3. The van der Waals surface area contributed by atoms with Crippen molar-refractivity contribution in [2.75, 3.05) is 6.61 Å². The lowest BCUT2D eigenvalue weighted by atomic mass is 9.44. The van der Waals surface area contributed by atoms with Crippen LogP contribution in [0.1, 0.15) is 78.6 Å². The first-order valence-corrected chi connectivity index (χ1v) is 14.8. The maximum atomic E-state index is 17.5. The number of hydrazone groups is 1. The summed E-state index contributed by atoms with van der Waals surface area (Å²) >= 11 is 0. The number of alkyl halides is 1. The van der Waals surface area contributed by atoms with E-state index in [1.54, 1.807) is 39.0 Å². The average molecular weight is 559 g/mol. The van der Waals surface area contributed by atoms with E-state index in [0.29, 0.717) is 25.0 Å². The fourth-order valence-electron chi connectivity index (χ4n) is 8.84. The molecular weight excluding hydrogens is 515 g/mol. The van der Waals surface area contributed by atoms with Crippen LogP contribution < -0.4 is 5.43 Å². The third-order valence-electron chi connectivity index (χ3n) is 11.0. The average Bonchev–Trinajstić information content (AvgIpc) is 3.10. The third kappa shape index (κ3) is 4.22. The van der Waals surface area contributed by atoms with Gasteiger partial charge >= 0.3 is 6.09 Å². The standard InChI is InChI=1S/C31H43FN2O6/c1-19-15-24-23-12-11-20-16-21(33-34-27(38)40-22-9-7-5-4-6-8-10-22)13-14-28(20,2)30(23,32)25(36)17-29(24,3)31(19,39)26(37)18-35/h7,9,13-14,16,19,22-25,35-36,39H,4-6,8,10-12,15,17-18H2,1-3H3,(H,34,38)/b9-7+,33-21+/t19-,22?,23+,24+,25+,28+,29+,30+,31+/m1/s1. The zero-order valence-electron chi connectivity index (χ0n) is 23.7. The van der Waals surface area contributed by atoms with Crippen molar-refractivity contribution in [2.45, 2.75) is 102 Å². The quantitative estimate of drug-likeness (QED) is 0.301. The molecule has 3 fully saturated rings. The summed E-state index contributed by atoms with van der Waals surface area (Å²) in [6.07, 6.45) is 13.1. The van der Waals surface area contributed by atoms with Crippen molar-refractivity contribution in [1.29, 1.82) is 0 Å². The number of rotatable bonds is 4. The van der Waals surface area contributed by atoms with Crippen molar-refractivity contribution < 1.29 is 34.0 Å². The van der Waals surface area contributed by atoms with Crippen LogP contribution in [-0.2, 0) is 9.53 Å². The summed E-state index contributed by atoms with van der Waals surface area (Å²) in [4.78, 5) is 25.2. The number of hydrogen-bond donors (Lipinski definition) is 4. The lowest BCUT2D eigenvalue weighted by Crippen LogP contribution is -2.69. The number of carbonyl (C=O) groups is 2. The minimum absolute atomic E-state index is 0.0854. The van der Waals surface area contributed by atoms with Crippen molar-refractivity contribution in [3.63, 3.8) is 0 Å². The number of fused-ring (bicyclic) bond motifs is 5. The number of Topliss-reactive ketones (excluding diaryl/α,β-unsaturated/α-hetero) is 1. The van der Waals surface area contributed by atoms with Gasteiger partial charge in [-0.05, 0) is 88.4 Å². The molecule has 0 bridgehead atoms. The predicted molar refractivity (Wildman–Crippen MR) is 148 cm³/mol. The lowest BCUT2D eigenvalue weighted by Gasteiger charge is -2.62. The van der Waals surface area contributed by atoms with Gasteiger partial charge in [0.05, 0.1) is 11.8 Å². The van der Waals surface area contributed by atoms with Gasteiger partial charge in [-0.1, -0.05) is 38.0 Å². The fraction of sp³-hybridized carbons (Fsp3) is 0.710. The zero-order valence-corrected chi connectivity index (χ0v) is 23.7. The highest BCUT2D eigenvalue weighted by Crippen LogP contribution is 2.70. The van der Waals surface area contributed by atoms with Crippen LogP contribution in [-0.4, -0.2) is 63.0 Å². The molecule has 9 atom stereocenters. The van der Waals surface area contributed by atoms with Gasteiger partial charge in [0, 0.05) is 16.7 Å². The highest BCUT2D eigenvalue weighted by molar-refractivity contribution is 6.06. The topological polar surface area (TPSA) is 128 Å². The largest absolute Gasteiger partial charge is 0.441 e. The van der Waals surface area contributed by atoms with Gasteiger partial charge < -0.3 is 20.1 Å². The maximum absolute atomic E-state index is 17.5. The first kappa shape index (κ1) is 29.1. The van der Waals surface area contributed by atoms with Crippen molar-refractivity contribution in [1.82, 2.24) is 5.43 Å². The lowest BCUT2D eigenvalue weighted by molar-refractivity contribution is -0.219. The number of carbonyl (C=O) groups excluding carboxylic acids is 2. The Balaban J connectivity index is 1.35. The first-order valence-electron chi connectivity index (χ1n) is 14.8. The van der Waals surface area contributed by atoms with Gasteiger partial charge in [0.15, 0.2) is 11.5 Å². The van der Waals surface area contributed by atoms with Crippen LogP contribution in [0.5, 0.6) is 0 Å². The molecule has 0 aromatic carbocycles. The normalized spacial score (nSPS) is 46.2. The molecule has 0 aromatic rings. The monoisotopic (exact) mass is 558 g/mol. The molecule has 5 aliphatic rings. The van der Waals surface area contributed by atoms with E-state index in [0.717, 1.165) is 37.7 Å². The Morgan fingerprint density at radius 2 is 1.98 bits per heavy atom. The molecule has 0 aliphatic heterocycles. The Labute approximate surface area is 235 Å². The minimum atomic E-state index is -2.02. The molecular formula is C31H43FN2O6. The van der Waals surface area contributed by atoms with Gasteiger partial charge in [-0.2, -0.15) is 5.10 Å². The SMILES string of the molecule is C[C@@H]1C[C@H]2[C@@H]3CCC4=C/C(=N/NC(=O)OC5/C=C/CCCCC5)C=C[C@]4(C)[C@@]3(F)[C@@H](O)C[C@]2(C)[C@@]1(O)C(=O)CO. The number of halogens is 1. The molecule has 40 heavy (non-hydrogen) atoms. The van der Waals surface area contributed by atoms with Gasteiger partial charge in [-0.15, -0.1) is 0 Å². The fourth-order valence-corrected chi connectivity index (χ4v) is 8.84. The molecule has 3 saturated carbocycles. The summed E-state index contributed by atoms with van der Waals surface area (Å²) in [5, 5.41) is 36.9. The highest BCUT2D eigenvalue weighted by atomic mass is 19.1. The summed E-state index contributed by atoms with van der Waals surface area (Å²) < 4.78 is 23.0. The summed E-state index contributed by atoms with van der Waals surface area (Å²) in [7, 11) is 0. The Morgan fingerprint density at radius 3 is 2.73 bits per heavy atom. The molecule has 8 nitrogen and oxygen atoms in total. The van der Waals surface area contributed by atoms with Gasteiger partial charge in [0.1, 0.15) is 18.3 Å². The molecule has 220 valence electrons. The predicted octanol–water partition coefficient (Wildman–Crippen LogP) is 4.30. The second-order valence-corrected chi connectivity index (χ2v) is 13.0. The van der Waals surface area contributed by atoms with E-state index in [1.807, 2.05) is 12.2 Å². The molecule has 1 amide bonds. The Hall–Kier alpha value is -2.36. The second-order valence-electron chi connectivity index (χ2n) is 13.0. The van der Waals surface area contributed by atoms with Crippen LogP contribution in [0.2, 0.25) is 0 Å². The Bertz CT molecular complexity index is 1170. The van der Waals surface area contributed by atoms with E-state index in [9.17, 15) is 24.9 Å². The van der Waals surface area contributed by atoms with E-state index >= 15 is 4.39 Å². The Kier molecular flexibility index (Phi) is 7.64. The van der Waals surface area contributed by atoms with E-state index in [-0.39, 0.29) is 18.4 Å². The second kappa shape index (κ2) is 10.5. The van der Waals surface area contributed by atoms with E-state index in [4.69, 9.17) is 4.74 Å². The Morgan fingerprint density at radius 1 is 1.20 bits per heavy atom. The van der Waals surface area contributed by atoms with Crippen molar-refractivity contribution in [3.05, 3.63) is 36.0 Å². The van der Waals surface area contributed by atoms with Crippen LogP contribution in [0.3, 0.4) is 0 Å². The number of ketones is 1. The van der Waals surface area contributed by atoms with Crippen molar-refractivity contribution in [2.24, 2.45) is 33.7 Å². The molecule has 0 saturated heterocycles. The summed E-state index contributed by atoms with van der Waals surface area (Å²) in [6.45, 7) is 4.53. The molecule has 5 aliphatic carbocycles. The molecule has 5 rings (SSSR count). The highest BCUT2D eigenvalue weighted by Gasteiger charge is 2.75. The van der Waals surface area contributed by atoms with Crippen molar-refractivity contribution in [3.8, 4) is 0 Å². The molecule has 0 aromatic heterocycles. The van der Waals surface area contributed by atoms with E-state index in [1.165, 1.54) is 0 Å². The molecule has 4 N–H and O–H groups in total. The number of aliphatic hydroxyl groups excluding tert-OH is 2. The van der Waals surface area contributed by atoms with Crippen LogP contribution in [0.25, 0.3) is 0 Å². The molecule has 0 radical (unpaired) electrons. The minimum Gasteiger partial charge on any atom is -0.441 e. The smallest absolute Gasteiger partial charge is 0.428 e. The van der Waals surface area contributed by atoms with Gasteiger partial charge in [-0.3, -0.25) is 4.79 Å². The number of amides is 1. The number of nitrogens with one attached hydrogen (secondary N) is 1. The van der Waals surface area contributed by atoms with Crippen LogP contribution in [0, 0.1) is 28.6 Å². The van der Waals surface area contributed by atoms with Crippen LogP contribution in [0.15, 0.2) is 41.1 Å². The summed E-state index contributed by atoms with van der Waals surface area (Å²) in [5.74, 6) is -2.05. The van der Waals surface area contributed by atoms with Crippen LogP contribution in [0.4, 0.5) is 9.18 Å². The molecule has 0 heterocycles. The van der Waals surface area contributed by atoms with E-state index < -0.39 is 58.5 Å². The first-order chi connectivity index (χ1) is 18.9. The molecule has 9 heteroatoms. The third-order valence-corrected chi connectivity index (χ3v) is 11.0. The summed E-state index contributed by atoms with van der Waals surface area (Å²) in [6, 6.07) is 0. The summed E-state index contributed by atoms with van der Waals surface area (Å²) in [5.41, 5.74) is -2.31. The van der Waals surface area contributed by atoms with Crippen molar-refractivity contribution >= 4 is 17.6 Å². The number of nitrogens with zero attached hydrogens (tertiary/aromatic N) is 1. The number of hydrogen-bond acceptors (Lipinski definition) is 7. The van der Waals surface area contributed by atoms with E-state index in [2.05, 4.69) is 10.5 Å². The number of allylic oxidation sites excluding steroid dienone is 5. The number of ether oxygens (including phenoxy) is 1. The molecule has 1 unspecified atom stereocenters. The van der Waals surface area contributed by atoms with Crippen LogP contribution >= 0.6 is 0 Å². The maximum Gasteiger partial charge on any atom is 0.428 e.